The van der Waals surface area contributed by atoms with E-state index in [1.807, 2.05) is 19.9 Å². The van der Waals surface area contributed by atoms with Crippen molar-refractivity contribution in [1.82, 2.24) is 4.98 Å². The van der Waals surface area contributed by atoms with Crippen molar-refractivity contribution in [3.63, 3.8) is 0 Å². The molecule has 1 heterocycles. The highest BCUT2D eigenvalue weighted by Gasteiger charge is 2.12. The number of hydrogen-bond acceptors (Lipinski definition) is 3. The van der Waals surface area contributed by atoms with Gasteiger partial charge in [-0.2, -0.15) is 0 Å². The molecule has 0 bridgehead atoms. The third-order valence-electron chi connectivity index (χ3n) is 2.57. The molecule has 4 nitrogen and oxygen atoms in total. The van der Waals surface area contributed by atoms with Crippen LogP contribution >= 0.6 is 15.9 Å². The first-order valence-electron chi connectivity index (χ1n) is 5.67. The van der Waals surface area contributed by atoms with Gasteiger partial charge in [0.1, 0.15) is 4.60 Å². The molecular weight excluding hydrogens is 282 g/mol. The van der Waals surface area contributed by atoms with Crippen LogP contribution in [0.15, 0.2) is 16.9 Å². The second-order valence-corrected chi connectivity index (χ2v) is 4.90. The van der Waals surface area contributed by atoms with Gasteiger partial charge in [0.05, 0.1) is 11.9 Å². The lowest BCUT2D eigenvalue weighted by Gasteiger charge is -2.12. The first kappa shape index (κ1) is 14.1. The zero-order chi connectivity index (χ0) is 12.8. The monoisotopic (exact) mass is 299 g/mol. The number of aromatic nitrogens is 1. The minimum Gasteiger partial charge on any atom is -0.330 e. The highest BCUT2D eigenvalue weighted by atomic mass is 79.9. The van der Waals surface area contributed by atoms with Crippen molar-refractivity contribution in [2.75, 3.05) is 11.9 Å². The van der Waals surface area contributed by atoms with E-state index in [0.717, 1.165) is 28.7 Å². The van der Waals surface area contributed by atoms with Gasteiger partial charge in [0, 0.05) is 5.92 Å². The number of pyridine rings is 1. The Hall–Kier alpha value is -0.940. The molecule has 0 aromatic carbocycles. The summed E-state index contributed by atoms with van der Waals surface area (Å²) in [4.78, 5) is 16.0. The largest absolute Gasteiger partial charge is 0.330 e. The molecule has 1 atom stereocenters. The van der Waals surface area contributed by atoms with Gasteiger partial charge in [-0.05, 0) is 53.9 Å². The number of amides is 1. The molecule has 0 radical (unpaired) electrons. The van der Waals surface area contributed by atoms with Crippen molar-refractivity contribution in [2.24, 2.45) is 11.7 Å². The van der Waals surface area contributed by atoms with Gasteiger partial charge < -0.3 is 11.1 Å². The Bertz CT molecular complexity index is 395. The molecular formula is C12H18BrN3O. The Morgan fingerprint density at radius 2 is 2.35 bits per heavy atom. The van der Waals surface area contributed by atoms with E-state index in [-0.39, 0.29) is 11.8 Å². The van der Waals surface area contributed by atoms with Crippen molar-refractivity contribution in [3.8, 4) is 0 Å². The number of rotatable bonds is 5. The molecule has 1 unspecified atom stereocenters. The lowest BCUT2D eigenvalue weighted by Crippen LogP contribution is -2.21. The summed E-state index contributed by atoms with van der Waals surface area (Å²) in [6.45, 7) is 4.46. The van der Waals surface area contributed by atoms with Crippen LogP contribution in [0.1, 0.15) is 25.3 Å². The van der Waals surface area contributed by atoms with Gasteiger partial charge in [-0.25, -0.2) is 4.98 Å². The van der Waals surface area contributed by atoms with E-state index in [1.165, 1.54) is 0 Å². The third-order valence-corrected chi connectivity index (χ3v) is 3.40. The molecule has 5 heteroatoms. The fourth-order valence-electron chi connectivity index (χ4n) is 1.45. The fraction of sp³-hybridized carbons (Fsp3) is 0.500. The summed E-state index contributed by atoms with van der Waals surface area (Å²) in [5, 5.41) is 2.86. The lowest BCUT2D eigenvalue weighted by molar-refractivity contribution is -0.119. The number of nitrogens with zero attached hydrogens (tertiary/aromatic N) is 1. The van der Waals surface area contributed by atoms with Crippen LogP contribution in [0, 0.1) is 12.8 Å². The van der Waals surface area contributed by atoms with E-state index in [9.17, 15) is 4.79 Å². The minimum absolute atomic E-state index is 0.0157. The second-order valence-electron chi connectivity index (χ2n) is 4.15. The highest BCUT2D eigenvalue weighted by Crippen LogP contribution is 2.17. The van der Waals surface area contributed by atoms with Gasteiger partial charge in [-0.15, -0.1) is 0 Å². The smallest absolute Gasteiger partial charge is 0.227 e. The second kappa shape index (κ2) is 6.71. The Balaban J connectivity index is 2.58. The Kier molecular flexibility index (Phi) is 5.58. The zero-order valence-corrected chi connectivity index (χ0v) is 11.8. The number of hydrogen-bond donors (Lipinski definition) is 2. The van der Waals surface area contributed by atoms with Crippen LogP contribution in [0.2, 0.25) is 0 Å². The maximum atomic E-state index is 11.8. The van der Waals surface area contributed by atoms with E-state index in [0.29, 0.717) is 6.54 Å². The maximum absolute atomic E-state index is 11.8. The summed E-state index contributed by atoms with van der Waals surface area (Å²) >= 11 is 3.32. The van der Waals surface area contributed by atoms with Crippen molar-refractivity contribution in [2.45, 2.75) is 26.7 Å². The predicted octanol–water partition coefficient (Wildman–Crippen LogP) is 2.47. The van der Waals surface area contributed by atoms with Gasteiger partial charge in [0.15, 0.2) is 0 Å². The summed E-state index contributed by atoms with van der Waals surface area (Å²) in [5.74, 6) is -0.00975. The number of nitrogens with two attached hydrogens (primary N) is 1. The molecule has 1 rings (SSSR count). The van der Waals surface area contributed by atoms with Gasteiger partial charge in [-0.1, -0.05) is 6.92 Å². The molecule has 0 aliphatic heterocycles. The Morgan fingerprint density at radius 1 is 1.65 bits per heavy atom. The molecule has 0 fully saturated rings. The molecule has 1 aromatic rings. The summed E-state index contributed by atoms with van der Waals surface area (Å²) < 4.78 is 0.798. The molecule has 94 valence electrons. The quantitative estimate of drug-likeness (QED) is 0.821. The summed E-state index contributed by atoms with van der Waals surface area (Å²) in [5.41, 5.74) is 7.15. The normalized spacial score (nSPS) is 12.2. The number of carbonyl (C=O) groups is 1. The molecule has 0 aliphatic carbocycles. The molecule has 0 spiro atoms. The average molecular weight is 300 g/mol. The highest BCUT2D eigenvalue weighted by molar-refractivity contribution is 9.10. The van der Waals surface area contributed by atoms with Crippen molar-refractivity contribution < 1.29 is 4.79 Å². The van der Waals surface area contributed by atoms with E-state index >= 15 is 0 Å². The average Bonchev–Trinajstić information content (AvgIpc) is 2.30. The van der Waals surface area contributed by atoms with E-state index in [4.69, 9.17) is 5.73 Å². The SMILES string of the molecule is Cc1cc(NC(=O)C(C)CCCN)cnc1Br. The molecule has 0 aliphatic rings. The Morgan fingerprint density at radius 3 is 2.94 bits per heavy atom. The minimum atomic E-state index is -0.0255. The van der Waals surface area contributed by atoms with Crippen molar-refractivity contribution in [3.05, 3.63) is 22.4 Å². The number of carbonyl (C=O) groups excluding carboxylic acids is 1. The molecule has 1 aromatic heterocycles. The number of anilines is 1. The van der Waals surface area contributed by atoms with Crippen molar-refractivity contribution >= 4 is 27.5 Å². The topological polar surface area (TPSA) is 68.0 Å². The van der Waals surface area contributed by atoms with Crippen LogP contribution < -0.4 is 11.1 Å². The zero-order valence-electron chi connectivity index (χ0n) is 10.2. The number of aryl methyl sites for hydroxylation is 1. The summed E-state index contributed by atoms with van der Waals surface area (Å²) in [7, 11) is 0. The molecule has 0 saturated heterocycles. The lowest BCUT2D eigenvalue weighted by atomic mass is 10.0. The van der Waals surface area contributed by atoms with Crippen LogP contribution in [0.5, 0.6) is 0 Å². The van der Waals surface area contributed by atoms with E-state index in [2.05, 4.69) is 26.2 Å². The first-order valence-corrected chi connectivity index (χ1v) is 6.47. The van der Waals surface area contributed by atoms with Crippen LogP contribution in [0.4, 0.5) is 5.69 Å². The van der Waals surface area contributed by atoms with Gasteiger partial charge in [0.2, 0.25) is 5.91 Å². The van der Waals surface area contributed by atoms with Crippen LogP contribution in [0.3, 0.4) is 0 Å². The number of nitrogens with one attached hydrogen (secondary N) is 1. The molecule has 17 heavy (non-hydrogen) atoms. The summed E-state index contributed by atoms with van der Waals surface area (Å²) in [6, 6.07) is 1.89. The van der Waals surface area contributed by atoms with Gasteiger partial charge >= 0.3 is 0 Å². The van der Waals surface area contributed by atoms with Gasteiger partial charge in [0.25, 0.3) is 0 Å². The third kappa shape index (κ3) is 4.44. The standard InChI is InChI=1S/C12H18BrN3O/c1-8(4-3-5-14)12(17)16-10-6-9(2)11(13)15-7-10/h6-8H,3-5,14H2,1-2H3,(H,16,17). The van der Waals surface area contributed by atoms with Gasteiger partial charge in [-0.3, -0.25) is 4.79 Å². The Labute approximate surface area is 110 Å². The fourth-order valence-corrected chi connectivity index (χ4v) is 1.66. The van der Waals surface area contributed by atoms with Crippen LogP contribution in [0.25, 0.3) is 0 Å². The van der Waals surface area contributed by atoms with E-state index < -0.39 is 0 Å². The molecule has 1 amide bonds. The molecule has 0 saturated carbocycles. The molecule has 3 N–H and O–H groups in total. The summed E-state index contributed by atoms with van der Waals surface area (Å²) in [6.07, 6.45) is 3.32. The van der Waals surface area contributed by atoms with Crippen LogP contribution in [-0.4, -0.2) is 17.4 Å². The van der Waals surface area contributed by atoms with Crippen molar-refractivity contribution in [1.29, 1.82) is 0 Å². The maximum Gasteiger partial charge on any atom is 0.227 e. The number of halogens is 1. The van der Waals surface area contributed by atoms with E-state index in [1.54, 1.807) is 6.20 Å². The first-order chi connectivity index (χ1) is 8.04. The predicted molar refractivity (Wildman–Crippen MR) is 72.8 cm³/mol. The van der Waals surface area contributed by atoms with Crippen LogP contribution in [-0.2, 0) is 4.79 Å².